The molecule has 18 heavy (non-hydrogen) atoms. The summed E-state index contributed by atoms with van der Waals surface area (Å²) in [5, 5.41) is 2.95. The average molecular weight is 262 g/mol. The number of aromatic nitrogens is 1. The summed E-state index contributed by atoms with van der Waals surface area (Å²) in [6.07, 6.45) is 1.05. The minimum atomic E-state index is -0.0150. The molecule has 0 spiro atoms. The van der Waals surface area contributed by atoms with Gasteiger partial charge in [0.1, 0.15) is 17.4 Å². The lowest BCUT2D eigenvalue weighted by Crippen LogP contribution is -2.05. The van der Waals surface area contributed by atoms with Gasteiger partial charge in [-0.05, 0) is 31.0 Å². The fourth-order valence-electron chi connectivity index (χ4n) is 1.57. The van der Waals surface area contributed by atoms with E-state index >= 15 is 0 Å². The van der Waals surface area contributed by atoms with Gasteiger partial charge >= 0.3 is 0 Å². The number of nitrogens with zero attached hydrogens (tertiary/aromatic N) is 1. The minimum absolute atomic E-state index is 0.0150. The summed E-state index contributed by atoms with van der Waals surface area (Å²) >= 11 is 1.59. The molecule has 0 aliphatic carbocycles. The van der Waals surface area contributed by atoms with Crippen molar-refractivity contribution >= 4 is 11.3 Å². The summed E-state index contributed by atoms with van der Waals surface area (Å²) in [5.41, 5.74) is 8.02. The highest BCUT2D eigenvalue weighted by Crippen LogP contribution is 2.18. The first-order valence-electron chi connectivity index (χ1n) is 6.10. The van der Waals surface area contributed by atoms with Gasteiger partial charge in [0.25, 0.3) is 0 Å². The highest BCUT2D eigenvalue weighted by molar-refractivity contribution is 7.09. The van der Waals surface area contributed by atoms with Crippen molar-refractivity contribution < 1.29 is 4.74 Å². The Labute approximate surface area is 112 Å². The summed E-state index contributed by atoms with van der Waals surface area (Å²) in [4.78, 5) is 4.43. The molecular formula is C14H18N2OS. The van der Waals surface area contributed by atoms with Gasteiger partial charge in [0.2, 0.25) is 0 Å². The average Bonchev–Trinajstić information content (AvgIpc) is 2.86. The molecule has 0 amide bonds. The van der Waals surface area contributed by atoms with Crippen LogP contribution in [0.2, 0.25) is 0 Å². The van der Waals surface area contributed by atoms with Gasteiger partial charge in [-0.1, -0.05) is 19.1 Å². The van der Waals surface area contributed by atoms with Crippen molar-refractivity contribution in [2.45, 2.75) is 32.9 Å². The van der Waals surface area contributed by atoms with Crippen LogP contribution >= 0.6 is 11.3 Å². The normalized spacial score (nSPS) is 12.4. The van der Waals surface area contributed by atoms with E-state index in [4.69, 9.17) is 10.5 Å². The van der Waals surface area contributed by atoms with Crippen LogP contribution in [-0.4, -0.2) is 4.98 Å². The molecule has 2 aromatic rings. The van der Waals surface area contributed by atoms with E-state index in [0.29, 0.717) is 6.61 Å². The van der Waals surface area contributed by atoms with Gasteiger partial charge in [-0.25, -0.2) is 4.98 Å². The molecular weight excluding hydrogens is 244 g/mol. The van der Waals surface area contributed by atoms with Crippen LogP contribution in [-0.2, 0) is 13.0 Å². The molecule has 1 unspecified atom stereocenters. The van der Waals surface area contributed by atoms with Crippen molar-refractivity contribution in [1.82, 2.24) is 4.98 Å². The zero-order valence-corrected chi connectivity index (χ0v) is 11.5. The van der Waals surface area contributed by atoms with E-state index in [-0.39, 0.29) is 6.04 Å². The van der Waals surface area contributed by atoms with E-state index in [1.54, 1.807) is 11.3 Å². The summed E-state index contributed by atoms with van der Waals surface area (Å²) in [6.45, 7) is 4.58. The van der Waals surface area contributed by atoms with Crippen molar-refractivity contribution in [3.8, 4) is 5.75 Å². The van der Waals surface area contributed by atoms with E-state index in [2.05, 4.69) is 24.0 Å². The molecule has 1 aromatic carbocycles. The lowest BCUT2D eigenvalue weighted by molar-refractivity contribution is 0.305. The molecule has 1 aromatic heterocycles. The second kappa shape index (κ2) is 5.98. The number of ether oxygens (including phenoxy) is 1. The standard InChI is InChI=1S/C14H18N2OS/c1-3-11-4-6-12(7-5-11)17-8-14-16-13(9-18-14)10(2)15/h4-7,9-10H,3,8,15H2,1-2H3. The van der Waals surface area contributed by atoms with E-state index in [9.17, 15) is 0 Å². The summed E-state index contributed by atoms with van der Waals surface area (Å²) in [6, 6.07) is 8.16. The lowest BCUT2D eigenvalue weighted by Gasteiger charge is -2.04. The molecule has 96 valence electrons. The van der Waals surface area contributed by atoms with E-state index < -0.39 is 0 Å². The van der Waals surface area contributed by atoms with Gasteiger partial charge < -0.3 is 10.5 Å². The van der Waals surface area contributed by atoms with Crippen LogP contribution in [0.25, 0.3) is 0 Å². The number of thiazole rings is 1. The molecule has 0 aliphatic heterocycles. The van der Waals surface area contributed by atoms with Crippen LogP contribution in [0.1, 0.15) is 36.2 Å². The monoisotopic (exact) mass is 262 g/mol. The van der Waals surface area contributed by atoms with Gasteiger partial charge in [0, 0.05) is 11.4 Å². The first kappa shape index (κ1) is 13.1. The molecule has 2 rings (SSSR count). The maximum atomic E-state index is 5.77. The Hall–Kier alpha value is -1.39. The van der Waals surface area contributed by atoms with Crippen LogP contribution in [0.5, 0.6) is 5.75 Å². The summed E-state index contributed by atoms with van der Waals surface area (Å²) in [7, 11) is 0. The number of benzene rings is 1. The first-order chi connectivity index (χ1) is 8.69. The van der Waals surface area contributed by atoms with Crippen molar-refractivity contribution in [3.63, 3.8) is 0 Å². The zero-order valence-electron chi connectivity index (χ0n) is 10.7. The summed E-state index contributed by atoms with van der Waals surface area (Å²) < 4.78 is 5.69. The second-order valence-corrected chi connectivity index (χ2v) is 5.18. The second-order valence-electron chi connectivity index (χ2n) is 4.24. The number of rotatable bonds is 5. The molecule has 2 N–H and O–H groups in total. The molecule has 1 heterocycles. The fourth-order valence-corrected chi connectivity index (χ4v) is 2.38. The van der Waals surface area contributed by atoms with E-state index in [1.165, 1.54) is 5.56 Å². The smallest absolute Gasteiger partial charge is 0.140 e. The highest BCUT2D eigenvalue weighted by Gasteiger charge is 2.06. The predicted octanol–water partition coefficient (Wildman–Crippen LogP) is 3.30. The molecule has 0 saturated heterocycles. The number of hydrogen-bond donors (Lipinski definition) is 1. The van der Waals surface area contributed by atoms with E-state index in [0.717, 1.165) is 22.9 Å². The quantitative estimate of drug-likeness (QED) is 0.899. The SMILES string of the molecule is CCc1ccc(OCc2nc(C(C)N)cs2)cc1. The Bertz CT molecular complexity index is 491. The Morgan fingerprint density at radius 2 is 2.06 bits per heavy atom. The van der Waals surface area contributed by atoms with Crippen LogP contribution in [0.4, 0.5) is 0 Å². The Kier molecular flexibility index (Phi) is 4.33. The van der Waals surface area contributed by atoms with Gasteiger partial charge in [0.15, 0.2) is 0 Å². The highest BCUT2D eigenvalue weighted by atomic mass is 32.1. The first-order valence-corrected chi connectivity index (χ1v) is 6.98. The van der Waals surface area contributed by atoms with Crippen LogP contribution in [0.15, 0.2) is 29.6 Å². The molecule has 0 bridgehead atoms. The Morgan fingerprint density at radius 1 is 1.33 bits per heavy atom. The number of nitrogens with two attached hydrogens (primary N) is 1. The molecule has 0 radical (unpaired) electrons. The number of hydrogen-bond acceptors (Lipinski definition) is 4. The van der Waals surface area contributed by atoms with Crippen molar-refractivity contribution in [3.05, 3.63) is 45.9 Å². The molecule has 1 atom stereocenters. The van der Waals surface area contributed by atoms with Crippen molar-refractivity contribution in [2.24, 2.45) is 5.73 Å². The fraction of sp³-hybridized carbons (Fsp3) is 0.357. The van der Waals surface area contributed by atoms with Crippen molar-refractivity contribution in [1.29, 1.82) is 0 Å². The Balaban J connectivity index is 1.93. The minimum Gasteiger partial charge on any atom is -0.486 e. The van der Waals surface area contributed by atoms with Gasteiger partial charge in [0.05, 0.1) is 5.69 Å². The third-order valence-electron chi connectivity index (χ3n) is 2.73. The zero-order chi connectivity index (χ0) is 13.0. The Morgan fingerprint density at radius 3 is 2.61 bits per heavy atom. The maximum Gasteiger partial charge on any atom is 0.140 e. The molecule has 0 aliphatic rings. The van der Waals surface area contributed by atoms with Crippen LogP contribution < -0.4 is 10.5 Å². The predicted molar refractivity (Wildman–Crippen MR) is 74.9 cm³/mol. The third kappa shape index (κ3) is 3.31. The topological polar surface area (TPSA) is 48.1 Å². The summed E-state index contributed by atoms with van der Waals surface area (Å²) in [5.74, 6) is 0.879. The van der Waals surface area contributed by atoms with E-state index in [1.807, 2.05) is 24.4 Å². The molecule has 3 nitrogen and oxygen atoms in total. The third-order valence-corrected chi connectivity index (χ3v) is 3.57. The van der Waals surface area contributed by atoms with Crippen LogP contribution in [0, 0.1) is 0 Å². The van der Waals surface area contributed by atoms with Gasteiger partial charge in [-0.15, -0.1) is 11.3 Å². The lowest BCUT2D eigenvalue weighted by atomic mass is 10.2. The maximum absolute atomic E-state index is 5.77. The van der Waals surface area contributed by atoms with Crippen molar-refractivity contribution in [2.75, 3.05) is 0 Å². The largest absolute Gasteiger partial charge is 0.486 e. The molecule has 0 saturated carbocycles. The van der Waals surface area contributed by atoms with Crippen LogP contribution in [0.3, 0.4) is 0 Å². The van der Waals surface area contributed by atoms with Gasteiger partial charge in [-0.2, -0.15) is 0 Å². The molecule has 0 fully saturated rings. The molecule has 4 heteroatoms. The van der Waals surface area contributed by atoms with Gasteiger partial charge in [-0.3, -0.25) is 0 Å². The number of aryl methyl sites for hydroxylation is 1.